The van der Waals surface area contributed by atoms with E-state index in [-0.39, 0.29) is 17.7 Å². The van der Waals surface area contributed by atoms with Gasteiger partial charge < -0.3 is 5.73 Å². The molecule has 0 bridgehead atoms. The lowest BCUT2D eigenvalue weighted by molar-refractivity contribution is -0.120. The van der Waals surface area contributed by atoms with Crippen LogP contribution in [0.2, 0.25) is 0 Å². The molecule has 1 saturated carbocycles. The highest BCUT2D eigenvalue weighted by Crippen LogP contribution is 2.25. The molecular formula is C10H17NO. The number of ketones is 1. The summed E-state index contributed by atoms with van der Waals surface area (Å²) in [5.41, 5.74) is 6.46. The molecule has 1 aliphatic carbocycles. The van der Waals surface area contributed by atoms with Gasteiger partial charge in [-0.05, 0) is 31.8 Å². The van der Waals surface area contributed by atoms with E-state index in [9.17, 15) is 4.79 Å². The average molecular weight is 167 g/mol. The number of rotatable bonds is 2. The molecule has 0 spiro atoms. The zero-order valence-electron chi connectivity index (χ0n) is 7.68. The Kier molecular flexibility index (Phi) is 3.04. The molecule has 12 heavy (non-hydrogen) atoms. The van der Waals surface area contributed by atoms with Crippen LogP contribution in [-0.4, -0.2) is 11.8 Å². The van der Waals surface area contributed by atoms with Gasteiger partial charge in [-0.25, -0.2) is 0 Å². The minimum atomic E-state index is 0.159. The average Bonchev–Trinajstić information content (AvgIpc) is 2.03. The largest absolute Gasteiger partial charge is 0.328 e. The Balaban J connectivity index is 2.51. The van der Waals surface area contributed by atoms with E-state index >= 15 is 0 Å². The Morgan fingerprint density at radius 2 is 2.17 bits per heavy atom. The Bertz CT molecular complexity index is 198. The number of carbonyl (C=O) groups is 1. The Labute approximate surface area is 73.8 Å². The summed E-state index contributed by atoms with van der Waals surface area (Å²) in [7, 11) is 0. The normalized spacial score (nSPS) is 29.8. The summed E-state index contributed by atoms with van der Waals surface area (Å²) in [4.78, 5) is 11.5. The summed E-state index contributed by atoms with van der Waals surface area (Å²) >= 11 is 0. The molecule has 2 heteroatoms. The highest BCUT2D eigenvalue weighted by Gasteiger charge is 2.25. The molecule has 0 aromatic rings. The van der Waals surface area contributed by atoms with Gasteiger partial charge >= 0.3 is 0 Å². The van der Waals surface area contributed by atoms with Gasteiger partial charge in [0.15, 0.2) is 5.78 Å². The van der Waals surface area contributed by atoms with E-state index in [1.807, 2.05) is 0 Å². The number of hydrogen-bond acceptors (Lipinski definition) is 2. The van der Waals surface area contributed by atoms with Gasteiger partial charge in [0.1, 0.15) is 0 Å². The number of hydrogen-bond donors (Lipinski definition) is 1. The number of Topliss-reactive ketones (excluding diaryl/α,β-unsaturated/α-hetero) is 1. The minimum absolute atomic E-state index is 0.159. The lowest BCUT2D eigenvalue weighted by Gasteiger charge is -2.25. The van der Waals surface area contributed by atoms with Crippen LogP contribution in [0, 0.1) is 5.92 Å². The zero-order valence-corrected chi connectivity index (χ0v) is 7.68. The van der Waals surface area contributed by atoms with Crippen LogP contribution in [0.1, 0.15) is 32.6 Å². The van der Waals surface area contributed by atoms with Crippen LogP contribution in [0.15, 0.2) is 12.2 Å². The molecule has 0 saturated heterocycles. The lowest BCUT2D eigenvalue weighted by atomic mass is 9.82. The van der Waals surface area contributed by atoms with Crippen molar-refractivity contribution in [1.29, 1.82) is 0 Å². The molecule has 1 aliphatic rings. The first kappa shape index (κ1) is 9.46. The van der Waals surface area contributed by atoms with Crippen LogP contribution in [0.4, 0.5) is 0 Å². The van der Waals surface area contributed by atoms with Gasteiger partial charge in [-0.15, -0.1) is 0 Å². The van der Waals surface area contributed by atoms with Crippen molar-refractivity contribution in [2.75, 3.05) is 0 Å². The maximum Gasteiger partial charge on any atom is 0.161 e. The number of nitrogens with two attached hydrogens (primary N) is 1. The smallest absolute Gasteiger partial charge is 0.161 e. The van der Waals surface area contributed by atoms with Gasteiger partial charge in [-0.2, -0.15) is 0 Å². The van der Waals surface area contributed by atoms with Crippen molar-refractivity contribution >= 4 is 5.78 Å². The molecule has 2 unspecified atom stereocenters. The highest BCUT2D eigenvalue weighted by atomic mass is 16.1. The third-order valence-corrected chi connectivity index (χ3v) is 2.51. The second kappa shape index (κ2) is 3.85. The monoisotopic (exact) mass is 167 g/mol. The Morgan fingerprint density at radius 3 is 2.67 bits per heavy atom. The van der Waals surface area contributed by atoms with Crippen molar-refractivity contribution in [2.24, 2.45) is 11.7 Å². The van der Waals surface area contributed by atoms with Crippen LogP contribution < -0.4 is 5.73 Å². The van der Waals surface area contributed by atoms with Crippen molar-refractivity contribution in [3.8, 4) is 0 Å². The van der Waals surface area contributed by atoms with Gasteiger partial charge in [0.25, 0.3) is 0 Å². The summed E-state index contributed by atoms with van der Waals surface area (Å²) in [5, 5.41) is 0. The van der Waals surface area contributed by atoms with E-state index in [4.69, 9.17) is 5.73 Å². The first-order valence-electron chi connectivity index (χ1n) is 4.56. The van der Waals surface area contributed by atoms with Crippen molar-refractivity contribution in [3.63, 3.8) is 0 Å². The summed E-state index contributed by atoms with van der Waals surface area (Å²) < 4.78 is 0. The highest BCUT2D eigenvalue weighted by molar-refractivity contribution is 5.96. The maximum atomic E-state index is 11.5. The molecule has 0 amide bonds. The number of carbonyl (C=O) groups excluding carboxylic acids is 1. The summed E-state index contributed by atoms with van der Waals surface area (Å²) in [6.07, 6.45) is 4.01. The van der Waals surface area contributed by atoms with Gasteiger partial charge in [0.05, 0.1) is 0 Å². The van der Waals surface area contributed by atoms with E-state index < -0.39 is 0 Å². The van der Waals surface area contributed by atoms with Crippen molar-refractivity contribution in [1.82, 2.24) is 0 Å². The van der Waals surface area contributed by atoms with Crippen molar-refractivity contribution in [3.05, 3.63) is 12.2 Å². The van der Waals surface area contributed by atoms with E-state index in [0.717, 1.165) is 25.7 Å². The topological polar surface area (TPSA) is 43.1 Å². The molecule has 0 aromatic heterocycles. The molecule has 0 aromatic carbocycles. The van der Waals surface area contributed by atoms with Gasteiger partial charge in [-0.1, -0.05) is 13.0 Å². The third kappa shape index (κ3) is 2.18. The predicted molar refractivity (Wildman–Crippen MR) is 49.8 cm³/mol. The van der Waals surface area contributed by atoms with Crippen LogP contribution >= 0.6 is 0 Å². The first-order chi connectivity index (χ1) is 5.61. The van der Waals surface area contributed by atoms with Gasteiger partial charge in [0, 0.05) is 12.0 Å². The predicted octanol–water partition coefficient (Wildman–Crippen LogP) is 1.65. The quantitative estimate of drug-likeness (QED) is 0.635. The lowest BCUT2D eigenvalue weighted by Crippen LogP contribution is -2.31. The van der Waals surface area contributed by atoms with E-state index in [2.05, 4.69) is 6.58 Å². The molecule has 0 heterocycles. The Hall–Kier alpha value is -0.630. The molecule has 0 aliphatic heterocycles. The molecule has 1 fully saturated rings. The first-order valence-corrected chi connectivity index (χ1v) is 4.56. The second-order valence-corrected chi connectivity index (χ2v) is 3.77. The van der Waals surface area contributed by atoms with E-state index in [1.54, 1.807) is 6.92 Å². The van der Waals surface area contributed by atoms with Gasteiger partial charge in [-0.3, -0.25) is 4.79 Å². The van der Waals surface area contributed by atoms with E-state index in [0.29, 0.717) is 5.57 Å². The van der Waals surface area contributed by atoms with E-state index in [1.165, 1.54) is 0 Å². The fourth-order valence-corrected chi connectivity index (χ4v) is 1.81. The van der Waals surface area contributed by atoms with Crippen LogP contribution in [0.25, 0.3) is 0 Å². The maximum absolute atomic E-state index is 11.5. The fraction of sp³-hybridized carbons (Fsp3) is 0.700. The second-order valence-electron chi connectivity index (χ2n) is 3.77. The molecule has 2 nitrogen and oxygen atoms in total. The van der Waals surface area contributed by atoms with Crippen LogP contribution in [0.3, 0.4) is 0 Å². The Morgan fingerprint density at radius 1 is 1.50 bits per heavy atom. The molecule has 2 N–H and O–H groups in total. The van der Waals surface area contributed by atoms with Crippen LogP contribution in [-0.2, 0) is 4.79 Å². The molecular weight excluding hydrogens is 150 g/mol. The van der Waals surface area contributed by atoms with Gasteiger partial charge in [0.2, 0.25) is 0 Å². The molecule has 1 rings (SSSR count). The van der Waals surface area contributed by atoms with Crippen LogP contribution in [0.5, 0.6) is 0 Å². The molecule has 0 radical (unpaired) electrons. The third-order valence-electron chi connectivity index (χ3n) is 2.51. The SMILES string of the molecule is C=C(C)C(=O)C1CCCC(N)C1. The summed E-state index contributed by atoms with van der Waals surface area (Å²) in [6.45, 7) is 5.45. The van der Waals surface area contributed by atoms with Crippen molar-refractivity contribution in [2.45, 2.75) is 38.6 Å². The molecule has 68 valence electrons. The number of allylic oxidation sites excluding steroid dienone is 1. The zero-order chi connectivity index (χ0) is 9.14. The molecule has 2 atom stereocenters. The minimum Gasteiger partial charge on any atom is -0.328 e. The van der Waals surface area contributed by atoms with Crippen molar-refractivity contribution < 1.29 is 4.79 Å². The summed E-state index contributed by atoms with van der Waals surface area (Å²) in [5.74, 6) is 0.372. The fourth-order valence-electron chi connectivity index (χ4n) is 1.81. The standard InChI is InChI=1S/C10H17NO/c1-7(2)10(12)8-4-3-5-9(11)6-8/h8-9H,1,3-6,11H2,2H3. The summed E-state index contributed by atoms with van der Waals surface area (Å²) in [6, 6.07) is 0.229.